The van der Waals surface area contributed by atoms with E-state index in [1.54, 1.807) is 18.2 Å². The van der Waals surface area contributed by atoms with Gasteiger partial charge in [-0.25, -0.2) is 0 Å². The van der Waals surface area contributed by atoms with Crippen LogP contribution in [0.15, 0.2) is 42.5 Å². The third kappa shape index (κ3) is 3.89. The maximum Gasteiger partial charge on any atom is 0.228 e. The van der Waals surface area contributed by atoms with E-state index in [1.165, 1.54) is 0 Å². The van der Waals surface area contributed by atoms with Gasteiger partial charge in [0.25, 0.3) is 0 Å². The third-order valence-corrected chi connectivity index (χ3v) is 4.99. The topological polar surface area (TPSA) is 76.7 Å². The first kappa shape index (κ1) is 17.4. The Hall–Kier alpha value is -3.02. The van der Waals surface area contributed by atoms with E-state index in [-0.39, 0.29) is 23.7 Å². The predicted octanol–water partition coefficient (Wildman–Crippen LogP) is 2.66. The quantitative estimate of drug-likeness (QED) is 0.853. The molecule has 2 amide bonds. The highest BCUT2D eigenvalue weighted by atomic mass is 16.6. The lowest BCUT2D eigenvalue weighted by Crippen LogP contribution is -2.27. The van der Waals surface area contributed by atoms with Crippen molar-refractivity contribution in [3.8, 4) is 11.5 Å². The minimum atomic E-state index is -0.282. The highest BCUT2D eigenvalue weighted by Gasteiger charge is 2.47. The molecule has 2 aromatic carbocycles. The number of amides is 2. The lowest BCUT2D eigenvalue weighted by atomic mass is 10.1. The number of hydrogen-bond acceptors (Lipinski definition) is 4. The Morgan fingerprint density at radius 3 is 2.56 bits per heavy atom. The zero-order chi connectivity index (χ0) is 18.8. The van der Waals surface area contributed by atoms with E-state index in [2.05, 4.69) is 10.6 Å². The molecule has 0 spiro atoms. The Morgan fingerprint density at radius 1 is 1.00 bits per heavy atom. The fraction of sp³-hybridized carbons (Fsp3) is 0.333. The molecule has 2 atom stereocenters. The molecule has 0 aromatic heterocycles. The molecule has 2 N–H and O–H groups in total. The maximum absolute atomic E-state index is 12.4. The van der Waals surface area contributed by atoms with Gasteiger partial charge in [0.05, 0.1) is 11.8 Å². The van der Waals surface area contributed by atoms with Gasteiger partial charge in [0, 0.05) is 18.3 Å². The number of fused-ring (bicyclic) bond motifs is 1. The number of aryl methyl sites for hydroxylation is 1. The summed E-state index contributed by atoms with van der Waals surface area (Å²) in [5.41, 5.74) is 2.88. The molecule has 27 heavy (non-hydrogen) atoms. The molecule has 1 aliphatic carbocycles. The molecule has 2 aromatic rings. The first-order valence-electron chi connectivity index (χ1n) is 9.14. The molecule has 0 bridgehead atoms. The molecule has 0 saturated heterocycles. The monoisotopic (exact) mass is 366 g/mol. The number of ether oxygens (including phenoxy) is 2. The van der Waals surface area contributed by atoms with Crippen LogP contribution < -0.4 is 20.1 Å². The first-order chi connectivity index (χ1) is 13.1. The molecule has 6 nitrogen and oxygen atoms in total. The van der Waals surface area contributed by atoms with Crippen LogP contribution in [0.25, 0.3) is 0 Å². The Kier molecular flexibility index (Phi) is 4.71. The van der Waals surface area contributed by atoms with Crippen LogP contribution >= 0.6 is 0 Å². The molecule has 0 radical (unpaired) electrons. The SMILES string of the molecule is Cc1ccccc1CNC(=O)C1CC1C(=O)Nc1ccc2c(c1)OCCO2. The summed E-state index contributed by atoms with van der Waals surface area (Å²) in [6, 6.07) is 13.2. The van der Waals surface area contributed by atoms with Gasteiger partial charge < -0.3 is 20.1 Å². The second-order valence-electron chi connectivity index (χ2n) is 6.94. The van der Waals surface area contributed by atoms with E-state index in [0.717, 1.165) is 11.1 Å². The van der Waals surface area contributed by atoms with Crippen molar-refractivity contribution in [2.75, 3.05) is 18.5 Å². The van der Waals surface area contributed by atoms with Gasteiger partial charge in [0.15, 0.2) is 11.5 Å². The van der Waals surface area contributed by atoms with Crippen LogP contribution in [-0.2, 0) is 16.1 Å². The van der Waals surface area contributed by atoms with Crippen LogP contribution in [-0.4, -0.2) is 25.0 Å². The van der Waals surface area contributed by atoms with Crippen molar-refractivity contribution in [2.45, 2.75) is 19.9 Å². The van der Waals surface area contributed by atoms with E-state index in [4.69, 9.17) is 9.47 Å². The lowest BCUT2D eigenvalue weighted by Gasteiger charge is -2.19. The Balaban J connectivity index is 1.30. The summed E-state index contributed by atoms with van der Waals surface area (Å²) in [7, 11) is 0. The highest BCUT2D eigenvalue weighted by molar-refractivity contribution is 5.99. The second-order valence-corrected chi connectivity index (χ2v) is 6.94. The number of benzene rings is 2. The standard InChI is InChI=1S/C21H22N2O4/c1-13-4-2-3-5-14(13)12-22-20(24)16-11-17(16)21(25)23-15-6-7-18-19(10-15)27-9-8-26-18/h2-7,10,16-17H,8-9,11-12H2,1H3,(H,22,24)(H,23,25). The van der Waals surface area contributed by atoms with Crippen molar-refractivity contribution in [2.24, 2.45) is 11.8 Å². The third-order valence-electron chi connectivity index (χ3n) is 4.99. The largest absolute Gasteiger partial charge is 0.486 e. The molecule has 140 valence electrons. The fourth-order valence-corrected chi connectivity index (χ4v) is 3.25. The van der Waals surface area contributed by atoms with Gasteiger partial charge in [-0.3, -0.25) is 9.59 Å². The van der Waals surface area contributed by atoms with Crippen molar-refractivity contribution in [3.05, 3.63) is 53.6 Å². The van der Waals surface area contributed by atoms with Crippen molar-refractivity contribution in [3.63, 3.8) is 0 Å². The van der Waals surface area contributed by atoms with Crippen LogP contribution in [0.3, 0.4) is 0 Å². The smallest absolute Gasteiger partial charge is 0.228 e. The predicted molar refractivity (Wildman–Crippen MR) is 101 cm³/mol. The van der Waals surface area contributed by atoms with Gasteiger partial charge in [-0.1, -0.05) is 24.3 Å². The number of nitrogens with one attached hydrogen (secondary N) is 2. The Labute approximate surface area is 157 Å². The molecule has 1 saturated carbocycles. The molecule has 6 heteroatoms. The number of anilines is 1. The van der Waals surface area contributed by atoms with Crippen LogP contribution in [0.5, 0.6) is 11.5 Å². The lowest BCUT2D eigenvalue weighted by molar-refractivity contribution is -0.125. The molecule has 2 aliphatic rings. The summed E-state index contributed by atoms with van der Waals surface area (Å²) < 4.78 is 11.0. The molecule has 1 aliphatic heterocycles. The van der Waals surface area contributed by atoms with E-state index in [9.17, 15) is 9.59 Å². The van der Waals surface area contributed by atoms with Crippen LogP contribution in [0.1, 0.15) is 17.5 Å². The van der Waals surface area contributed by atoms with Crippen LogP contribution in [0.2, 0.25) is 0 Å². The van der Waals surface area contributed by atoms with Crippen molar-refractivity contribution >= 4 is 17.5 Å². The number of rotatable bonds is 5. The number of carbonyl (C=O) groups excluding carboxylic acids is 2. The summed E-state index contributed by atoms with van der Waals surface area (Å²) in [5.74, 6) is 0.561. The van der Waals surface area contributed by atoms with Gasteiger partial charge in [0.1, 0.15) is 13.2 Å². The van der Waals surface area contributed by atoms with Crippen molar-refractivity contribution in [1.82, 2.24) is 5.32 Å². The first-order valence-corrected chi connectivity index (χ1v) is 9.14. The number of hydrogen-bond donors (Lipinski definition) is 2. The van der Waals surface area contributed by atoms with Crippen LogP contribution in [0.4, 0.5) is 5.69 Å². The van der Waals surface area contributed by atoms with E-state index >= 15 is 0 Å². The second kappa shape index (κ2) is 7.31. The van der Waals surface area contributed by atoms with Crippen molar-refractivity contribution < 1.29 is 19.1 Å². The molecule has 2 unspecified atom stereocenters. The Morgan fingerprint density at radius 2 is 1.74 bits per heavy atom. The van der Waals surface area contributed by atoms with Gasteiger partial charge >= 0.3 is 0 Å². The van der Waals surface area contributed by atoms with Gasteiger partial charge in [-0.15, -0.1) is 0 Å². The zero-order valence-electron chi connectivity index (χ0n) is 15.2. The normalized spacial score (nSPS) is 19.9. The minimum Gasteiger partial charge on any atom is -0.486 e. The summed E-state index contributed by atoms with van der Waals surface area (Å²) in [6.45, 7) is 3.52. The number of carbonyl (C=O) groups is 2. The molecule has 4 rings (SSSR count). The zero-order valence-corrected chi connectivity index (χ0v) is 15.2. The van der Waals surface area contributed by atoms with E-state index in [1.807, 2.05) is 31.2 Å². The summed E-state index contributed by atoms with van der Waals surface area (Å²) >= 11 is 0. The summed E-state index contributed by atoms with van der Waals surface area (Å²) in [4.78, 5) is 24.7. The van der Waals surface area contributed by atoms with E-state index < -0.39 is 0 Å². The van der Waals surface area contributed by atoms with Gasteiger partial charge in [-0.2, -0.15) is 0 Å². The van der Waals surface area contributed by atoms with E-state index in [0.29, 0.717) is 43.4 Å². The maximum atomic E-state index is 12.4. The fourth-order valence-electron chi connectivity index (χ4n) is 3.25. The summed E-state index contributed by atoms with van der Waals surface area (Å²) in [5, 5.41) is 5.80. The highest BCUT2D eigenvalue weighted by Crippen LogP contribution is 2.40. The Bertz CT molecular complexity index is 880. The molecular formula is C21H22N2O4. The molecular weight excluding hydrogens is 344 g/mol. The van der Waals surface area contributed by atoms with Gasteiger partial charge in [-0.05, 0) is 36.6 Å². The average Bonchev–Trinajstić information content (AvgIpc) is 3.48. The molecule has 1 fully saturated rings. The molecule has 1 heterocycles. The average molecular weight is 366 g/mol. The minimum absolute atomic E-state index is 0.0689. The van der Waals surface area contributed by atoms with Crippen molar-refractivity contribution in [1.29, 1.82) is 0 Å². The summed E-state index contributed by atoms with van der Waals surface area (Å²) in [6.07, 6.45) is 0.579. The van der Waals surface area contributed by atoms with Crippen LogP contribution in [0, 0.1) is 18.8 Å². The van der Waals surface area contributed by atoms with Gasteiger partial charge in [0.2, 0.25) is 11.8 Å².